The van der Waals surface area contributed by atoms with Gasteiger partial charge in [0.05, 0.1) is 0 Å². The molecule has 1 rings (SSSR count). The van der Waals surface area contributed by atoms with Gasteiger partial charge in [-0.2, -0.15) is 0 Å². The van der Waals surface area contributed by atoms with Crippen LogP contribution in [-0.4, -0.2) is 6.26 Å². The van der Waals surface area contributed by atoms with Crippen LogP contribution >= 0.6 is 11.8 Å². The molecule has 0 aliphatic rings. The Balaban J connectivity index is 2.83. The molecule has 0 amide bonds. The van der Waals surface area contributed by atoms with Crippen LogP contribution in [0.4, 0.5) is 0 Å². The van der Waals surface area contributed by atoms with E-state index in [-0.39, 0.29) is 0 Å². The van der Waals surface area contributed by atoms with Gasteiger partial charge in [0.2, 0.25) is 0 Å². The fourth-order valence-electron chi connectivity index (χ4n) is 0.508. The maximum atomic E-state index is 2.95. The fraction of sp³-hybridized carbons (Fsp3) is 0.167. The van der Waals surface area contributed by atoms with Gasteiger partial charge >= 0.3 is 0 Å². The van der Waals surface area contributed by atoms with Crippen molar-refractivity contribution in [1.82, 2.24) is 0 Å². The molecule has 0 atom stereocenters. The molecular formula is C6H8NS+. The van der Waals surface area contributed by atoms with Gasteiger partial charge in [0.1, 0.15) is 0 Å². The second-order valence-electron chi connectivity index (χ2n) is 1.44. The molecular weight excluding hydrogens is 118 g/mol. The number of pyridine rings is 1. The molecule has 0 spiro atoms. The highest BCUT2D eigenvalue weighted by molar-refractivity contribution is 7.98. The minimum Gasteiger partial charge on any atom is -0.218 e. The normalized spacial score (nSPS) is 9.12. The molecule has 1 N–H and O–H groups in total. The molecule has 42 valence electrons. The highest BCUT2D eigenvalue weighted by Gasteiger charge is 1.85. The highest BCUT2D eigenvalue weighted by atomic mass is 32.2. The van der Waals surface area contributed by atoms with Crippen LogP contribution in [0.3, 0.4) is 0 Å². The van der Waals surface area contributed by atoms with Crippen LogP contribution in [0.25, 0.3) is 0 Å². The standard InChI is InChI=1S/C6H7NS/c1-8-6-2-4-7-5-3-6/h2-5H,1H3/p+1. The van der Waals surface area contributed by atoms with Crippen LogP contribution < -0.4 is 4.98 Å². The minimum atomic E-state index is 1.30. The van der Waals surface area contributed by atoms with Gasteiger partial charge in [-0.3, -0.25) is 0 Å². The minimum absolute atomic E-state index is 1.30. The van der Waals surface area contributed by atoms with E-state index in [0.29, 0.717) is 0 Å². The Morgan fingerprint density at radius 3 is 2.38 bits per heavy atom. The molecule has 2 heteroatoms. The van der Waals surface area contributed by atoms with Gasteiger partial charge in [-0.25, -0.2) is 4.98 Å². The Hall–Kier alpha value is -0.500. The molecule has 1 aromatic heterocycles. The van der Waals surface area contributed by atoms with Gasteiger partial charge in [0.25, 0.3) is 0 Å². The first kappa shape index (κ1) is 5.63. The lowest BCUT2D eigenvalue weighted by atomic mass is 10.5. The molecule has 0 saturated heterocycles. The second kappa shape index (κ2) is 2.72. The number of H-pyrrole nitrogens is 1. The third-order valence-corrected chi connectivity index (χ3v) is 1.67. The smallest absolute Gasteiger partial charge is 0.168 e. The largest absolute Gasteiger partial charge is 0.218 e. The number of aromatic amines is 1. The third kappa shape index (κ3) is 1.23. The van der Waals surface area contributed by atoms with Crippen molar-refractivity contribution in [2.75, 3.05) is 6.26 Å². The van der Waals surface area contributed by atoms with E-state index in [0.717, 1.165) is 0 Å². The number of nitrogens with one attached hydrogen (secondary N) is 1. The van der Waals surface area contributed by atoms with Crippen LogP contribution in [0.1, 0.15) is 0 Å². The Bertz CT molecular complexity index is 150. The summed E-state index contributed by atoms with van der Waals surface area (Å²) in [5, 5.41) is 0. The third-order valence-electron chi connectivity index (χ3n) is 0.923. The Labute approximate surface area is 53.1 Å². The predicted molar refractivity (Wildman–Crippen MR) is 34.8 cm³/mol. The maximum absolute atomic E-state index is 2.95. The van der Waals surface area contributed by atoms with Crippen molar-refractivity contribution in [3.63, 3.8) is 0 Å². The van der Waals surface area contributed by atoms with Crippen molar-refractivity contribution < 1.29 is 4.98 Å². The van der Waals surface area contributed by atoms with Gasteiger partial charge in [-0.1, -0.05) is 0 Å². The van der Waals surface area contributed by atoms with Crippen molar-refractivity contribution in [2.24, 2.45) is 0 Å². The number of thioether (sulfide) groups is 1. The molecule has 0 fully saturated rings. The summed E-state index contributed by atoms with van der Waals surface area (Å²) in [7, 11) is 0. The number of rotatable bonds is 1. The van der Waals surface area contributed by atoms with Crippen molar-refractivity contribution in [1.29, 1.82) is 0 Å². The Morgan fingerprint density at radius 1 is 1.38 bits per heavy atom. The molecule has 0 unspecified atom stereocenters. The number of aromatic nitrogens is 1. The van der Waals surface area contributed by atoms with E-state index in [1.165, 1.54) is 4.90 Å². The monoisotopic (exact) mass is 126 g/mol. The summed E-state index contributed by atoms with van der Waals surface area (Å²) in [6, 6.07) is 4.09. The van der Waals surface area contributed by atoms with Crippen molar-refractivity contribution >= 4 is 11.8 Å². The SMILES string of the molecule is CSc1cc[nH+]cc1. The van der Waals surface area contributed by atoms with E-state index in [1.807, 2.05) is 24.5 Å². The Morgan fingerprint density at radius 2 is 2.00 bits per heavy atom. The second-order valence-corrected chi connectivity index (χ2v) is 2.32. The lowest BCUT2D eigenvalue weighted by Crippen LogP contribution is -1.95. The first-order valence-electron chi connectivity index (χ1n) is 2.43. The average molecular weight is 126 g/mol. The van der Waals surface area contributed by atoms with Crippen LogP contribution in [0, 0.1) is 0 Å². The zero-order chi connectivity index (χ0) is 5.82. The van der Waals surface area contributed by atoms with E-state index in [2.05, 4.69) is 11.2 Å². The van der Waals surface area contributed by atoms with E-state index < -0.39 is 0 Å². The summed E-state index contributed by atoms with van der Waals surface area (Å²) in [6.45, 7) is 0. The molecule has 1 nitrogen and oxygen atoms in total. The summed E-state index contributed by atoms with van der Waals surface area (Å²) in [6.07, 6.45) is 5.91. The first-order valence-corrected chi connectivity index (χ1v) is 3.66. The number of hydrogen-bond acceptors (Lipinski definition) is 1. The number of hydrogen-bond donors (Lipinski definition) is 0. The summed E-state index contributed by atoms with van der Waals surface area (Å²) >= 11 is 1.75. The summed E-state index contributed by atoms with van der Waals surface area (Å²) in [5.74, 6) is 0. The molecule has 1 aromatic rings. The molecule has 0 saturated carbocycles. The van der Waals surface area contributed by atoms with Crippen LogP contribution in [0.5, 0.6) is 0 Å². The van der Waals surface area contributed by atoms with Gasteiger partial charge < -0.3 is 0 Å². The maximum Gasteiger partial charge on any atom is 0.168 e. The van der Waals surface area contributed by atoms with Crippen molar-refractivity contribution in [3.05, 3.63) is 24.5 Å². The van der Waals surface area contributed by atoms with Gasteiger partial charge in [0.15, 0.2) is 12.4 Å². The van der Waals surface area contributed by atoms with E-state index in [4.69, 9.17) is 0 Å². The zero-order valence-electron chi connectivity index (χ0n) is 4.72. The van der Waals surface area contributed by atoms with Gasteiger partial charge in [-0.15, -0.1) is 11.8 Å². The first-order chi connectivity index (χ1) is 3.93. The molecule has 0 radical (unpaired) electrons. The molecule has 1 heterocycles. The molecule has 0 aliphatic carbocycles. The van der Waals surface area contributed by atoms with Crippen molar-refractivity contribution in [3.8, 4) is 0 Å². The van der Waals surface area contributed by atoms with E-state index >= 15 is 0 Å². The summed E-state index contributed by atoms with van der Waals surface area (Å²) in [5.41, 5.74) is 0. The summed E-state index contributed by atoms with van der Waals surface area (Å²) in [4.78, 5) is 4.25. The van der Waals surface area contributed by atoms with Crippen LogP contribution in [0.15, 0.2) is 29.4 Å². The average Bonchev–Trinajstić information content (AvgIpc) is 1.90. The van der Waals surface area contributed by atoms with Crippen molar-refractivity contribution in [2.45, 2.75) is 4.90 Å². The van der Waals surface area contributed by atoms with Crippen LogP contribution in [-0.2, 0) is 0 Å². The van der Waals surface area contributed by atoms with E-state index in [1.54, 1.807) is 11.8 Å². The molecule has 0 aromatic carbocycles. The topological polar surface area (TPSA) is 14.1 Å². The zero-order valence-corrected chi connectivity index (χ0v) is 5.53. The van der Waals surface area contributed by atoms with E-state index in [9.17, 15) is 0 Å². The van der Waals surface area contributed by atoms with Gasteiger partial charge in [-0.05, 0) is 6.26 Å². The quantitative estimate of drug-likeness (QED) is 0.516. The van der Waals surface area contributed by atoms with Gasteiger partial charge in [0, 0.05) is 17.0 Å². The fourth-order valence-corrected chi connectivity index (χ4v) is 0.916. The Kier molecular flexibility index (Phi) is 1.92. The highest BCUT2D eigenvalue weighted by Crippen LogP contribution is 2.09. The molecule has 0 bridgehead atoms. The van der Waals surface area contributed by atoms with Crippen LogP contribution in [0.2, 0.25) is 0 Å². The molecule has 0 aliphatic heterocycles. The summed E-state index contributed by atoms with van der Waals surface area (Å²) < 4.78 is 0. The lowest BCUT2D eigenvalue weighted by Gasteiger charge is -1.85. The predicted octanol–water partition coefficient (Wildman–Crippen LogP) is 1.22. The lowest BCUT2D eigenvalue weighted by molar-refractivity contribution is -0.378. The molecule has 8 heavy (non-hydrogen) atoms.